The molecule has 4 aliphatic carbocycles. The quantitative estimate of drug-likeness (QED) is 0.0514. The van der Waals surface area contributed by atoms with Crippen LogP contribution in [0.2, 0.25) is 0 Å². The van der Waals surface area contributed by atoms with Gasteiger partial charge in [-0.2, -0.15) is 65.9 Å². The van der Waals surface area contributed by atoms with E-state index in [1.54, 1.807) is 6.92 Å². The molecule has 0 aromatic carbocycles. The molecule has 80 heavy (non-hydrogen) atoms. The number of alkyl halides is 15. The number of carbonyl (C=O) groups excluding carboxylic acids is 4. The molecule has 0 aromatic rings. The third kappa shape index (κ3) is 32.5. The Morgan fingerprint density at radius 2 is 0.675 bits per heavy atom. The van der Waals surface area contributed by atoms with Crippen LogP contribution in [0, 0.1) is 53.3 Å². The van der Waals surface area contributed by atoms with Crippen molar-refractivity contribution < 1.29 is 124 Å². The Bertz CT molecular complexity index is 1760. The van der Waals surface area contributed by atoms with Crippen LogP contribution in [-0.2, 0) is 38.1 Å². The highest BCUT2D eigenvalue weighted by molar-refractivity contribution is 5.72. The van der Waals surface area contributed by atoms with Gasteiger partial charge in [-0.3, -0.25) is 19.2 Å². The van der Waals surface area contributed by atoms with Crippen LogP contribution in [0.3, 0.4) is 0 Å². The first kappa shape index (κ1) is 74.7. The van der Waals surface area contributed by atoms with Gasteiger partial charge < -0.3 is 39.4 Å². The Morgan fingerprint density at radius 1 is 0.412 bits per heavy atom. The normalized spacial score (nSPS) is 25.9. The van der Waals surface area contributed by atoms with Gasteiger partial charge in [0.05, 0.1) is 26.4 Å². The number of aliphatic hydroxyl groups is 4. The molecule has 0 spiro atoms. The second kappa shape index (κ2) is 35.7. The van der Waals surface area contributed by atoms with Gasteiger partial charge in [0.1, 0.15) is 30.3 Å². The molecule has 0 aliphatic heterocycles. The Kier molecular flexibility index (Phi) is 33.4. The molecule has 4 rings (SSSR count). The predicted octanol–water partition coefficient (Wildman–Crippen LogP) is 13.0. The summed E-state index contributed by atoms with van der Waals surface area (Å²) < 4.78 is 204. The average Bonchev–Trinajstić information content (AvgIpc) is 3.35. The number of aliphatic hydroxyl groups excluding tert-OH is 4. The van der Waals surface area contributed by atoms with Gasteiger partial charge in [0.2, 0.25) is 0 Å². The van der Waals surface area contributed by atoms with Crippen molar-refractivity contribution >= 4 is 23.9 Å². The number of halogens is 15. The molecular formula is C53H83F15O12. The van der Waals surface area contributed by atoms with Crippen LogP contribution < -0.4 is 0 Å². The van der Waals surface area contributed by atoms with Gasteiger partial charge >= 0.3 is 54.8 Å². The van der Waals surface area contributed by atoms with E-state index >= 15 is 0 Å². The van der Waals surface area contributed by atoms with Crippen LogP contribution >= 0.6 is 0 Å². The summed E-state index contributed by atoms with van der Waals surface area (Å²) in [6, 6.07) is 0. The third-order valence-electron chi connectivity index (χ3n) is 14.8. The Labute approximate surface area is 457 Å². The van der Waals surface area contributed by atoms with E-state index in [1.807, 2.05) is 6.92 Å². The lowest BCUT2D eigenvalue weighted by Crippen LogP contribution is -2.33. The molecular weight excluding hydrogens is 1110 g/mol. The maximum Gasteiger partial charge on any atom is 0.414 e. The summed E-state index contributed by atoms with van der Waals surface area (Å²) in [6.45, 7) is 6.20. The van der Waals surface area contributed by atoms with Crippen molar-refractivity contribution in [2.45, 2.75) is 231 Å². The Hall–Kier alpha value is -3.33. The van der Waals surface area contributed by atoms with Crippen LogP contribution in [0.1, 0.15) is 175 Å². The monoisotopic (exact) mass is 1200 g/mol. The summed E-state index contributed by atoms with van der Waals surface area (Å²) in [4.78, 5) is 44.3. The van der Waals surface area contributed by atoms with Gasteiger partial charge in [-0.15, -0.1) is 0 Å². The molecule has 13 atom stereocenters. The predicted molar refractivity (Wildman–Crippen MR) is 258 cm³/mol. The summed E-state index contributed by atoms with van der Waals surface area (Å²) in [5, 5.41) is 36.3. The van der Waals surface area contributed by atoms with E-state index in [4.69, 9.17) is 34.6 Å². The van der Waals surface area contributed by atoms with Gasteiger partial charge in [-0.25, -0.2) is 0 Å². The van der Waals surface area contributed by atoms with E-state index in [9.17, 15) is 85.0 Å². The van der Waals surface area contributed by atoms with Crippen LogP contribution in [0.15, 0.2) is 0 Å². The zero-order valence-electron chi connectivity index (χ0n) is 45.8. The topological polar surface area (TPSA) is 186 Å². The lowest BCUT2D eigenvalue weighted by Gasteiger charge is -2.30. The van der Waals surface area contributed by atoms with Crippen LogP contribution in [0.4, 0.5) is 65.9 Å². The average molecular weight is 1200 g/mol. The minimum atomic E-state index is -4.68. The van der Waals surface area contributed by atoms with Crippen molar-refractivity contribution in [2.75, 3.05) is 26.4 Å². The molecule has 0 amide bonds. The third-order valence-corrected chi connectivity index (χ3v) is 14.8. The smallest absolute Gasteiger partial charge is 0.414 e. The number of hydrogen-bond donors (Lipinski definition) is 4. The maximum absolute atomic E-state index is 12.3. The molecule has 0 aromatic heterocycles. The van der Waals surface area contributed by atoms with E-state index < -0.39 is 73.6 Å². The van der Waals surface area contributed by atoms with Gasteiger partial charge in [0.25, 0.3) is 0 Å². The van der Waals surface area contributed by atoms with Crippen molar-refractivity contribution in [2.24, 2.45) is 53.3 Å². The van der Waals surface area contributed by atoms with Gasteiger partial charge in [-0.1, -0.05) is 65.2 Å². The van der Waals surface area contributed by atoms with Crippen molar-refractivity contribution in [3.05, 3.63) is 0 Å². The molecule has 472 valence electrons. The molecule has 4 saturated carbocycles. The van der Waals surface area contributed by atoms with Crippen molar-refractivity contribution in [3.8, 4) is 0 Å². The van der Waals surface area contributed by atoms with Crippen LogP contribution in [-0.4, -0.2) is 126 Å². The summed E-state index contributed by atoms with van der Waals surface area (Å²) in [5.41, 5.74) is 0. The zero-order valence-corrected chi connectivity index (χ0v) is 45.8. The summed E-state index contributed by atoms with van der Waals surface area (Å²) >= 11 is 0. The van der Waals surface area contributed by atoms with E-state index in [0.29, 0.717) is 84.0 Å². The number of hydrogen-bond acceptors (Lipinski definition) is 12. The largest absolute Gasteiger partial charge is 0.466 e. The number of ether oxygens (including phenoxy) is 4. The first-order chi connectivity index (χ1) is 36.8. The number of esters is 4. The van der Waals surface area contributed by atoms with Gasteiger partial charge in [-0.05, 0) is 138 Å². The molecule has 4 aliphatic rings. The zero-order chi connectivity index (χ0) is 61.2. The highest BCUT2D eigenvalue weighted by atomic mass is 19.4. The molecule has 27 heteroatoms. The standard InChI is InChI=1S/C14H20F6O3.C14H23F3O3.C13H21F3O3.C12H19F3O3/c1-8(13(15,16)17)12(22)23-7-10-4-2-3-9(5-10)6-11(21)14(18,19)20;1-2-4-13(19)20-9-11-6-3-5-10(7-11)8-12(18)14(15,16)17;1-2-12(18)19-8-10-5-3-4-9(6-10)7-11(17)13(14,15)16;1-8(16)18-7-10-4-2-3-9(5-10)6-11(17)12(13,14)15/h8-11,21H,2-7H2,1H3;10-12,18H,2-9H2,1H3;9-11,17H,2-8H2,1H3;9-11,17H,2-7H2,1H3. The Balaban J connectivity index is 0.000000535. The first-order valence-corrected chi connectivity index (χ1v) is 27.5. The van der Waals surface area contributed by atoms with E-state index in [1.165, 1.54) is 6.92 Å². The molecule has 0 saturated heterocycles. The number of rotatable bonds is 20. The molecule has 4 fully saturated rings. The molecule has 4 N–H and O–H groups in total. The van der Waals surface area contributed by atoms with E-state index in [2.05, 4.69) is 4.74 Å². The van der Waals surface area contributed by atoms with E-state index in [-0.39, 0.29) is 111 Å². The summed E-state index contributed by atoms with van der Waals surface area (Å²) in [7, 11) is 0. The molecule has 13 unspecified atom stereocenters. The first-order valence-electron chi connectivity index (χ1n) is 27.5. The van der Waals surface area contributed by atoms with Crippen LogP contribution in [0.5, 0.6) is 0 Å². The van der Waals surface area contributed by atoms with Crippen molar-refractivity contribution in [1.82, 2.24) is 0 Å². The molecule has 0 radical (unpaired) electrons. The van der Waals surface area contributed by atoms with Crippen LogP contribution in [0.25, 0.3) is 0 Å². The minimum Gasteiger partial charge on any atom is -0.466 e. The minimum absolute atomic E-state index is 0.119. The van der Waals surface area contributed by atoms with Gasteiger partial charge in [0, 0.05) is 19.8 Å². The van der Waals surface area contributed by atoms with Crippen molar-refractivity contribution in [1.29, 1.82) is 0 Å². The molecule has 12 nitrogen and oxygen atoms in total. The number of carbonyl (C=O) groups is 4. The summed E-state index contributed by atoms with van der Waals surface area (Å²) in [5.74, 6) is -5.24. The fourth-order valence-corrected chi connectivity index (χ4v) is 10.4. The fourth-order valence-electron chi connectivity index (χ4n) is 10.4. The lowest BCUT2D eigenvalue weighted by atomic mass is 9.79. The highest BCUT2D eigenvalue weighted by Crippen LogP contribution is 2.39. The second-order valence-corrected chi connectivity index (χ2v) is 21.9. The molecule has 0 bridgehead atoms. The fraction of sp³-hybridized carbons (Fsp3) is 0.925. The SMILES string of the molecule is CC(=O)OCC1CCCC(CC(O)C(F)(F)F)C1.CC(C(=O)OCC1CCCC(CC(O)C(F)(F)F)C1)C(F)(F)F.CCC(=O)OCC1CCCC(CC(O)C(F)(F)F)C1.CCCC(=O)OCC1CCCC(CC(O)C(F)(F)F)C1. The second-order valence-electron chi connectivity index (χ2n) is 21.9. The summed E-state index contributed by atoms with van der Waals surface area (Å²) in [6.07, 6.45) is -21.0. The van der Waals surface area contributed by atoms with Crippen molar-refractivity contribution in [3.63, 3.8) is 0 Å². The lowest BCUT2D eigenvalue weighted by molar-refractivity contribution is -0.209. The van der Waals surface area contributed by atoms with Gasteiger partial charge in [0.15, 0.2) is 0 Å². The molecule has 0 heterocycles. The highest BCUT2D eigenvalue weighted by Gasteiger charge is 2.45. The maximum atomic E-state index is 12.3. The Morgan fingerprint density at radius 3 is 0.925 bits per heavy atom. The van der Waals surface area contributed by atoms with E-state index in [0.717, 1.165) is 44.9 Å².